The van der Waals surface area contributed by atoms with Crippen LogP contribution in [0.5, 0.6) is 0 Å². The highest BCUT2D eigenvalue weighted by molar-refractivity contribution is 14.1. The molecule has 104 valence electrons. The molecule has 4 heteroatoms. The van der Waals surface area contributed by atoms with Crippen LogP contribution < -0.4 is 10.6 Å². The fourth-order valence-corrected chi connectivity index (χ4v) is 2.43. The van der Waals surface area contributed by atoms with Crippen LogP contribution in [0, 0.1) is 3.57 Å². The zero-order valence-corrected chi connectivity index (χ0v) is 13.5. The number of aryl methyl sites for hydroxylation is 1. The molecule has 0 spiro atoms. The molecule has 2 N–H and O–H groups in total. The molecule has 0 aliphatic rings. The average Bonchev–Trinajstić information content (AvgIpc) is 2.46. The van der Waals surface area contributed by atoms with E-state index in [1.54, 1.807) is 0 Å². The first-order chi connectivity index (χ1) is 9.69. The molecular weight excluding hydrogens is 363 g/mol. The zero-order chi connectivity index (χ0) is 14.4. The first-order valence-electron chi connectivity index (χ1n) is 6.56. The lowest BCUT2D eigenvalue weighted by Gasteiger charge is -2.09. The SMILES string of the molecule is CCc1cccc(NC(=O)CNc2ccccc2I)c1. The van der Waals surface area contributed by atoms with E-state index in [0.29, 0.717) is 0 Å². The summed E-state index contributed by atoms with van der Waals surface area (Å²) in [6.45, 7) is 2.36. The molecule has 3 nitrogen and oxygen atoms in total. The Morgan fingerprint density at radius 2 is 1.95 bits per heavy atom. The topological polar surface area (TPSA) is 41.1 Å². The van der Waals surface area contributed by atoms with Crippen molar-refractivity contribution in [1.29, 1.82) is 0 Å². The Morgan fingerprint density at radius 1 is 1.15 bits per heavy atom. The number of anilines is 2. The molecule has 20 heavy (non-hydrogen) atoms. The number of carbonyl (C=O) groups excluding carboxylic acids is 1. The lowest BCUT2D eigenvalue weighted by Crippen LogP contribution is -2.22. The molecule has 0 aliphatic carbocycles. The van der Waals surface area contributed by atoms with Crippen molar-refractivity contribution in [2.45, 2.75) is 13.3 Å². The molecule has 2 aromatic carbocycles. The van der Waals surface area contributed by atoms with E-state index < -0.39 is 0 Å². The normalized spacial score (nSPS) is 10.1. The molecule has 0 fully saturated rings. The summed E-state index contributed by atoms with van der Waals surface area (Å²) in [6.07, 6.45) is 0.962. The average molecular weight is 380 g/mol. The van der Waals surface area contributed by atoms with Crippen LogP contribution >= 0.6 is 22.6 Å². The number of para-hydroxylation sites is 1. The Morgan fingerprint density at radius 3 is 2.70 bits per heavy atom. The van der Waals surface area contributed by atoms with Gasteiger partial charge in [-0.2, -0.15) is 0 Å². The van der Waals surface area contributed by atoms with Crippen molar-refractivity contribution in [2.75, 3.05) is 17.2 Å². The molecule has 0 bridgehead atoms. The van der Waals surface area contributed by atoms with Gasteiger partial charge < -0.3 is 10.6 Å². The molecule has 2 rings (SSSR count). The van der Waals surface area contributed by atoms with Gasteiger partial charge in [-0.15, -0.1) is 0 Å². The Bertz CT molecular complexity index is 599. The molecule has 1 amide bonds. The van der Waals surface area contributed by atoms with Gasteiger partial charge in [-0.3, -0.25) is 4.79 Å². The monoisotopic (exact) mass is 380 g/mol. The van der Waals surface area contributed by atoms with Gasteiger partial charge >= 0.3 is 0 Å². The molecule has 0 atom stereocenters. The standard InChI is InChI=1S/C16H17IN2O/c1-2-12-6-5-7-13(10-12)19-16(20)11-18-15-9-4-3-8-14(15)17/h3-10,18H,2,11H2,1H3,(H,19,20). The van der Waals surface area contributed by atoms with E-state index in [0.717, 1.165) is 21.4 Å². The molecule has 2 aromatic rings. The van der Waals surface area contributed by atoms with Crippen LogP contribution in [-0.4, -0.2) is 12.5 Å². The van der Waals surface area contributed by atoms with Gasteiger partial charge in [0.15, 0.2) is 0 Å². The minimum atomic E-state index is -0.0436. The third-order valence-corrected chi connectivity index (χ3v) is 3.87. The highest BCUT2D eigenvalue weighted by atomic mass is 127. The van der Waals surface area contributed by atoms with Crippen LogP contribution in [0.1, 0.15) is 12.5 Å². The molecular formula is C16H17IN2O. The molecule has 0 saturated carbocycles. The number of carbonyl (C=O) groups is 1. The minimum Gasteiger partial charge on any atom is -0.375 e. The lowest BCUT2D eigenvalue weighted by atomic mass is 10.1. The number of nitrogens with one attached hydrogen (secondary N) is 2. The maximum atomic E-state index is 11.9. The Balaban J connectivity index is 1.91. The Kier molecular flexibility index (Phi) is 5.40. The molecule has 0 heterocycles. The molecule has 0 unspecified atom stereocenters. The van der Waals surface area contributed by atoms with Crippen LogP contribution in [0.15, 0.2) is 48.5 Å². The summed E-state index contributed by atoms with van der Waals surface area (Å²) < 4.78 is 1.10. The van der Waals surface area contributed by atoms with E-state index in [2.05, 4.69) is 46.2 Å². The van der Waals surface area contributed by atoms with E-state index in [1.807, 2.05) is 42.5 Å². The third-order valence-electron chi connectivity index (χ3n) is 2.93. The number of halogens is 1. The van der Waals surface area contributed by atoms with Crippen LogP contribution in [0.3, 0.4) is 0 Å². The number of rotatable bonds is 5. The van der Waals surface area contributed by atoms with Gasteiger partial charge in [0.05, 0.1) is 6.54 Å². The van der Waals surface area contributed by atoms with E-state index in [9.17, 15) is 4.79 Å². The van der Waals surface area contributed by atoms with Crippen molar-refractivity contribution in [3.05, 3.63) is 57.7 Å². The maximum Gasteiger partial charge on any atom is 0.243 e. The van der Waals surface area contributed by atoms with Crippen LogP contribution in [0.4, 0.5) is 11.4 Å². The van der Waals surface area contributed by atoms with Gasteiger partial charge in [-0.05, 0) is 58.8 Å². The lowest BCUT2D eigenvalue weighted by molar-refractivity contribution is -0.114. The molecule has 0 aliphatic heterocycles. The summed E-state index contributed by atoms with van der Waals surface area (Å²) >= 11 is 2.25. The predicted octanol–water partition coefficient (Wildman–Crippen LogP) is 3.90. The summed E-state index contributed by atoms with van der Waals surface area (Å²) in [5.41, 5.74) is 3.04. The van der Waals surface area contributed by atoms with Gasteiger partial charge in [0.1, 0.15) is 0 Å². The van der Waals surface area contributed by atoms with Gasteiger partial charge in [0.25, 0.3) is 0 Å². The van der Waals surface area contributed by atoms with Crippen LogP contribution in [0.25, 0.3) is 0 Å². The van der Waals surface area contributed by atoms with Gasteiger partial charge in [0, 0.05) is 14.9 Å². The second kappa shape index (κ2) is 7.28. The highest BCUT2D eigenvalue weighted by Gasteiger charge is 2.04. The van der Waals surface area contributed by atoms with Crippen molar-refractivity contribution in [3.63, 3.8) is 0 Å². The smallest absolute Gasteiger partial charge is 0.243 e. The summed E-state index contributed by atoms with van der Waals surface area (Å²) in [4.78, 5) is 11.9. The van der Waals surface area contributed by atoms with Crippen molar-refractivity contribution in [1.82, 2.24) is 0 Å². The highest BCUT2D eigenvalue weighted by Crippen LogP contribution is 2.16. The maximum absolute atomic E-state index is 11.9. The Labute approximate surface area is 132 Å². The predicted molar refractivity (Wildman–Crippen MR) is 92.1 cm³/mol. The fraction of sp³-hybridized carbons (Fsp3) is 0.188. The van der Waals surface area contributed by atoms with E-state index in [-0.39, 0.29) is 12.5 Å². The number of amides is 1. The van der Waals surface area contributed by atoms with E-state index in [4.69, 9.17) is 0 Å². The van der Waals surface area contributed by atoms with E-state index in [1.165, 1.54) is 5.56 Å². The second-order valence-electron chi connectivity index (χ2n) is 4.44. The van der Waals surface area contributed by atoms with Crippen molar-refractivity contribution in [2.24, 2.45) is 0 Å². The third kappa shape index (κ3) is 4.23. The van der Waals surface area contributed by atoms with Crippen molar-refractivity contribution < 1.29 is 4.79 Å². The number of benzene rings is 2. The number of hydrogen-bond donors (Lipinski definition) is 2. The largest absolute Gasteiger partial charge is 0.375 e. The van der Waals surface area contributed by atoms with E-state index >= 15 is 0 Å². The second-order valence-corrected chi connectivity index (χ2v) is 5.60. The minimum absolute atomic E-state index is 0.0436. The molecule has 0 radical (unpaired) electrons. The fourth-order valence-electron chi connectivity index (χ4n) is 1.85. The summed E-state index contributed by atoms with van der Waals surface area (Å²) in [5.74, 6) is -0.0436. The summed E-state index contributed by atoms with van der Waals surface area (Å²) in [5, 5.41) is 6.04. The zero-order valence-electron chi connectivity index (χ0n) is 11.3. The summed E-state index contributed by atoms with van der Waals surface area (Å²) in [7, 11) is 0. The van der Waals surface area contributed by atoms with Crippen molar-refractivity contribution in [3.8, 4) is 0 Å². The van der Waals surface area contributed by atoms with Gasteiger partial charge in [-0.25, -0.2) is 0 Å². The first kappa shape index (κ1) is 14.8. The Hall–Kier alpha value is -1.56. The summed E-state index contributed by atoms with van der Waals surface area (Å²) in [6, 6.07) is 15.8. The molecule has 0 saturated heterocycles. The quantitative estimate of drug-likeness (QED) is 0.773. The van der Waals surface area contributed by atoms with Crippen LogP contribution in [-0.2, 0) is 11.2 Å². The molecule has 0 aromatic heterocycles. The van der Waals surface area contributed by atoms with Gasteiger partial charge in [-0.1, -0.05) is 31.2 Å². The van der Waals surface area contributed by atoms with Gasteiger partial charge in [0.2, 0.25) is 5.91 Å². The first-order valence-corrected chi connectivity index (χ1v) is 7.64. The van der Waals surface area contributed by atoms with Crippen LogP contribution in [0.2, 0.25) is 0 Å². The van der Waals surface area contributed by atoms with Crippen molar-refractivity contribution >= 4 is 39.9 Å². The number of hydrogen-bond acceptors (Lipinski definition) is 2.